The largest absolute Gasteiger partial charge is 0.429 e. The predicted octanol–water partition coefficient (Wildman–Crippen LogP) is 7.73. The van der Waals surface area contributed by atoms with Gasteiger partial charge in [0, 0.05) is 24.2 Å². The standard InChI is InChI=1S/C30H27F5N2O/c1-2-3-4-5-21-17-36-27(37-18-21)13-8-19-7-12-24-23(14-19)11-10-22(28(24)33)9-6-20-15-25(31)29(26(32)16-20)38-30(34)35/h2-3,7,10-12,14-18,30H,4-6,8-9,13H2,1H3/b3-2+. The maximum absolute atomic E-state index is 15.2. The van der Waals surface area contributed by atoms with Gasteiger partial charge in [0.25, 0.3) is 0 Å². The maximum atomic E-state index is 15.2. The van der Waals surface area contributed by atoms with Crippen LogP contribution >= 0.6 is 0 Å². The Bertz CT molecular complexity index is 1400. The third-order valence-electron chi connectivity index (χ3n) is 6.28. The van der Waals surface area contributed by atoms with Crippen LogP contribution in [0.5, 0.6) is 5.75 Å². The van der Waals surface area contributed by atoms with E-state index in [0.717, 1.165) is 47.3 Å². The summed E-state index contributed by atoms with van der Waals surface area (Å²) >= 11 is 0. The van der Waals surface area contributed by atoms with Crippen LogP contribution in [0.25, 0.3) is 10.8 Å². The van der Waals surface area contributed by atoms with E-state index >= 15 is 4.39 Å². The first-order valence-electron chi connectivity index (χ1n) is 12.4. The first kappa shape index (κ1) is 27.2. The van der Waals surface area contributed by atoms with E-state index in [9.17, 15) is 17.6 Å². The van der Waals surface area contributed by atoms with E-state index in [0.29, 0.717) is 23.8 Å². The van der Waals surface area contributed by atoms with Crippen molar-refractivity contribution in [3.8, 4) is 5.75 Å². The van der Waals surface area contributed by atoms with E-state index in [2.05, 4.69) is 20.8 Å². The molecule has 0 spiro atoms. The van der Waals surface area contributed by atoms with Crippen LogP contribution in [0, 0.1) is 17.5 Å². The molecule has 0 saturated carbocycles. The number of nitrogens with zero attached hydrogens (tertiary/aromatic N) is 2. The molecule has 0 aliphatic rings. The topological polar surface area (TPSA) is 35.0 Å². The fourth-order valence-electron chi connectivity index (χ4n) is 4.28. The molecule has 0 atom stereocenters. The van der Waals surface area contributed by atoms with Gasteiger partial charge in [-0.25, -0.2) is 23.1 Å². The molecule has 198 valence electrons. The number of halogens is 5. The van der Waals surface area contributed by atoms with E-state index in [1.54, 1.807) is 12.1 Å². The van der Waals surface area contributed by atoms with Gasteiger partial charge in [0.05, 0.1) is 0 Å². The van der Waals surface area contributed by atoms with Crippen LogP contribution in [0.2, 0.25) is 0 Å². The summed E-state index contributed by atoms with van der Waals surface area (Å²) in [7, 11) is 0. The van der Waals surface area contributed by atoms with Crippen LogP contribution in [0.4, 0.5) is 22.0 Å². The van der Waals surface area contributed by atoms with Crippen molar-refractivity contribution in [1.82, 2.24) is 9.97 Å². The Morgan fingerprint density at radius 2 is 1.50 bits per heavy atom. The number of hydrogen-bond acceptors (Lipinski definition) is 3. The minimum absolute atomic E-state index is 0.122. The molecule has 0 aliphatic heterocycles. The zero-order valence-electron chi connectivity index (χ0n) is 20.9. The van der Waals surface area contributed by atoms with Gasteiger partial charge in [0.15, 0.2) is 17.4 Å². The number of ether oxygens (including phenoxy) is 1. The third kappa shape index (κ3) is 6.94. The van der Waals surface area contributed by atoms with E-state index in [1.807, 2.05) is 43.6 Å². The van der Waals surface area contributed by atoms with Gasteiger partial charge in [-0.05, 0) is 78.8 Å². The second kappa shape index (κ2) is 12.6. The van der Waals surface area contributed by atoms with E-state index < -0.39 is 29.8 Å². The molecule has 0 bridgehead atoms. The fraction of sp³-hybridized carbons (Fsp3) is 0.267. The number of benzene rings is 3. The zero-order chi connectivity index (χ0) is 27.1. The summed E-state index contributed by atoms with van der Waals surface area (Å²) in [4.78, 5) is 8.90. The van der Waals surface area contributed by atoms with Crippen molar-refractivity contribution in [3.63, 3.8) is 0 Å². The van der Waals surface area contributed by atoms with E-state index in [-0.39, 0.29) is 18.4 Å². The molecule has 0 aliphatic carbocycles. The molecule has 1 aromatic heterocycles. The molecule has 8 heteroatoms. The molecule has 0 fully saturated rings. The Morgan fingerprint density at radius 1 is 0.789 bits per heavy atom. The molecule has 0 N–H and O–H groups in total. The minimum atomic E-state index is -3.34. The lowest BCUT2D eigenvalue weighted by Crippen LogP contribution is -2.06. The molecule has 4 rings (SSSR count). The summed E-state index contributed by atoms with van der Waals surface area (Å²) < 4.78 is 71.7. The van der Waals surface area contributed by atoms with Gasteiger partial charge in [-0.15, -0.1) is 0 Å². The predicted molar refractivity (Wildman–Crippen MR) is 137 cm³/mol. The summed E-state index contributed by atoms with van der Waals surface area (Å²) in [5, 5.41) is 1.20. The highest BCUT2D eigenvalue weighted by Crippen LogP contribution is 2.27. The molecule has 0 unspecified atom stereocenters. The summed E-state index contributed by atoms with van der Waals surface area (Å²) in [6.07, 6.45) is 11.4. The lowest BCUT2D eigenvalue weighted by Gasteiger charge is -2.11. The number of aromatic nitrogens is 2. The zero-order valence-corrected chi connectivity index (χ0v) is 20.9. The normalized spacial score (nSPS) is 11.7. The number of rotatable bonds is 11. The van der Waals surface area contributed by atoms with Gasteiger partial charge in [-0.3, -0.25) is 0 Å². The molecule has 4 aromatic rings. The van der Waals surface area contributed by atoms with Gasteiger partial charge in [0.1, 0.15) is 11.6 Å². The Balaban J connectivity index is 1.39. The van der Waals surface area contributed by atoms with Crippen molar-refractivity contribution in [3.05, 3.63) is 113 Å². The first-order chi connectivity index (χ1) is 18.3. The van der Waals surface area contributed by atoms with Gasteiger partial charge in [-0.1, -0.05) is 42.5 Å². The van der Waals surface area contributed by atoms with Gasteiger partial charge < -0.3 is 4.74 Å². The van der Waals surface area contributed by atoms with Crippen molar-refractivity contribution in [2.75, 3.05) is 0 Å². The van der Waals surface area contributed by atoms with E-state index in [1.165, 1.54) is 0 Å². The number of aryl methyl sites for hydroxylation is 5. The summed E-state index contributed by atoms with van der Waals surface area (Å²) in [5.41, 5.74) is 2.73. The van der Waals surface area contributed by atoms with Crippen LogP contribution in [-0.4, -0.2) is 16.6 Å². The van der Waals surface area contributed by atoms with Crippen molar-refractivity contribution in [2.45, 2.75) is 52.1 Å². The molecule has 3 nitrogen and oxygen atoms in total. The average molecular weight is 527 g/mol. The highest BCUT2D eigenvalue weighted by Gasteiger charge is 2.17. The quantitative estimate of drug-likeness (QED) is 0.148. The molecular formula is C30H27F5N2O. The highest BCUT2D eigenvalue weighted by atomic mass is 19.3. The van der Waals surface area contributed by atoms with Crippen molar-refractivity contribution < 1.29 is 26.7 Å². The number of fused-ring (bicyclic) bond motifs is 1. The molecular weight excluding hydrogens is 499 g/mol. The lowest BCUT2D eigenvalue weighted by molar-refractivity contribution is -0.0546. The Hall–Kier alpha value is -3.81. The summed E-state index contributed by atoms with van der Waals surface area (Å²) in [6.45, 7) is -1.34. The molecule has 0 saturated heterocycles. The van der Waals surface area contributed by atoms with Gasteiger partial charge in [0.2, 0.25) is 0 Å². The van der Waals surface area contributed by atoms with Crippen molar-refractivity contribution >= 4 is 10.8 Å². The monoisotopic (exact) mass is 526 g/mol. The van der Waals surface area contributed by atoms with Crippen LogP contribution in [-0.2, 0) is 32.1 Å². The fourth-order valence-corrected chi connectivity index (χ4v) is 4.28. The van der Waals surface area contributed by atoms with Crippen molar-refractivity contribution in [2.24, 2.45) is 0 Å². The first-order valence-corrected chi connectivity index (χ1v) is 12.4. The molecule has 38 heavy (non-hydrogen) atoms. The van der Waals surface area contributed by atoms with Gasteiger partial charge in [-0.2, -0.15) is 8.78 Å². The highest BCUT2D eigenvalue weighted by molar-refractivity contribution is 5.84. The number of allylic oxidation sites excluding steroid dienone is 2. The van der Waals surface area contributed by atoms with Crippen LogP contribution < -0.4 is 4.74 Å². The van der Waals surface area contributed by atoms with Crippen LogP contribution in [0.15, 0.2) is 67.0 Å². The lowest BCUT2D eigenvalue weighted by atomic mass is 9.98. The van der Waals surface area contributed by atoms with Crippen LogP contribution in [0.3, 0.4) is 0 Å². The van der Waals surface area contributed by atoms with Crippen LogP contribution in [0.1, 0.15) is 41.4 Å². The Labute approximate surface area is 218 Å². The summed E-state index contributed by atoms with van der Waals surface area (Å²) in [6, 6.07) is 10.8. The molecule has 1 heterocycles. The number of alkyl halides is 2. The Morgan fingerprint density at radius 3 is 2.18 bits per heavy atom. The van der Waals surface area contributed by atoms with Gasteiger partial charge >= 0.3 is 6.61 Å². The Kier molecular flexibility index (Phi) is 9.05. The molecule has 3 aromatic carbocycles. The SMILES string of the molecule is C/C=C/CCc1cnc(CCc2ccc3c(F)c(CCc4cc(F)c(OC(F)F)c(F)c4)ccc3c2)nc1. The second-order valence-electron chi connectivity index (χ2n) is 8.98. The smallest absolute Gasteiger partial charge is 0.387 e. The van der Waals surface area contributed by atoms with E-state index in [4.69, 9.17) is 0 Å². The summed E-state index contributed by atoms with van der Waals surface area (Å²) in [5.74, 6) is -3.22. The number of hydrogen-bond donors (Lipinski definition) is 0. The minimum Gasteiger partial charge on any atom is -0.429 e. The second-order valence-corrected chi connectivity index (χ2v) is 8.98. The molecule has 0 amide bonds. The third-order valence-corrected chi connectivity index (χ3v) is 6.28. The van der Waals surface area contributed by atoms with Crippen molar-refractivity contribution in [1.29, 1.82) is 0 Å². The average Bonchev–Trinajstić information content (AvgIpc) is 2.90. The maximum Gasteiger partial charge on any atom is 0.387 e. The molecule has 0 radical (unpaired) electrons.